The monoisotopic (exact) mass is 146 g/mol. The van der Waals surface area contributed by atoms with Crippen LogP contribution in [0.15, 0.2) is 0 Å². The molecule has 0 saturated carbocycles. The van der Waals surface area contributed by atoms with Crippen LogP contribution in [0, 0.1) is 11.8 Å². The van der Waals surface area contributed by atoms with Gasteiger partial charge in [0.05, 0.1) is 6.10 Å². The van der Waals surface area contributed by atoms with Crippen LogP contribution in [0.5, 0.6) is 0 Å². The molecule has 0 aromatic heterocycles. The van der Waals surface area contributed by atoms with Crippen LogP contribution in [0.4, 0.5) is 0 Å². The average molecular weight is 146 g/mol. The fraction of sp³-hybridized carbons (Fsp3) is 1.00. The minimum Gasteiger partial charge on any atom is -0.396 e. The van der Waals surface area contributed by atoms with Crippen LogP contribution >= 0.6 is 0 Å². The van der Waals surface area contributed by atoms with Crippen LogP contribution in [0.2, 0.25) is 0 Å². The summed E-state index contributed by atoms with van der Waals surface area (Å²) in [5.74, 6) is 0.520. The number of hydrogen-bond donors (Lipinski definition) is 2. The van der Waals surface area contributed by atoms with Crippen LogP contribution in [0.1, 0.15) is 27.2 Å². The molecule has 0 amide bonds. The van der Waals surface area contributed by atoms with E-state index in [-0.39, 0.29) is 18.6 Å². The highest BCUT2D eigenvalue weighted by Crippen LogP contribution is 2.11. The molecule has 10 heavy (non-hydrogen) atoms. The topological polar surface area (TPSA) is 40.5 Å². The first kappa shape index (κ1) is 9.92. The normalized spacial score (nSPS) is 17.4. The molecule has 0 radical (unpaired) electrons. The summed E-state index contributed by atoms with van der Waals surface area (Å²) in [4.78, 5) is 0. The molecule has 2 atom stereocenters. The largest absolute Gasteiger partial charge is 0.396 e. The first-order valence-electron chi connectivity index (χ1n) is 3.86. The third-order valence-corrected chi connectivity index (χ3v) is 1.73. The van der Waals surface area contributed by atoms with Crippen molar-refractivity contribution in [3.8, 4) is 0 Å². The Hall–Kier alpha value is -0.0800. The Morgan fingerprint density at radius 2 is 1.70 bits per heavy atom. The first-order valence-corrected chi connectivity index (χ1v) is 3.86. The number of rotatable bonds is 4. The van der Waals surface area contributed by atoms with Crippen molar-refractivity contribution in [1.82, 2.24) is 0 Å². The summed E-state index contributed by atoms with van der Waals surface area (Å²) in [7, 11) is 0. The summed E-state index contributed by atoms with van der Waals surface area (Å²) in [6, 6.07) is 0. The summed E-state index contributed by atoms with van der Waals surface area (Å²) >= 11 is 0. The van der Waals surface area contributed by atoms with Gasteiger partial charge in [-0.2, -0.15) is 0 Å². The van der Waals surface area contributed by atoms with Crippen molar-refractivity contribution in [2.75, 3.05) is 6.61 Å². The molecule has 0 aliphatic heterocycles. The van der Waals surface area contributed by atoms with Crippen LogP contribution in [0.25, 0.3) is 0 Å². The van der Waals surface area contributed by atoms with Crippen molar-refractivity contribution in [3.05, 3.63) is 0 Å². The van der Waals surface area contributed by atoms with Gasteiger partial charge in [-0.15, -0.1) is 0 Å². The molecule has 0 spiro atoms. The Balaban J connectivity index is 3.46. The molecule has 62 valence electrons. The van der Waals surface area contributed by atoms with Gasteiger partial charge < -0.3 is 10.2 Å². The van der Waals surface area contributed by atoms with E-state index in [2.05, 4.69) is 0 Å². The average Bonchev–Trinajstić information content (AvgIpc) is 1.87. The summed E-state index contributed by atoms with van der Waals surface area (Å²) < 4.78 is 0. The maximum atomic E-state index is 9.32. The molecule has 0 aliphatic rings. The van der Waals surface area contributed by atoms with Gasteiger partial charge >= 0.3 is 0 Å². The Bertz CT molecular complexity index is 81.3. The Morgan fingerprint density at radius 1 is 1.20 bits per heavy atom. The fourth-order valence-corrected chi connectivity index (χ4v) is 0.759. The van der Waals surface area contributed by atoms with Crippen molar-refractivity contribution < 1.29 is 10.2 Å². The zero-order valence-electron chi connectivity index (χ0n) is 7.04. The second-order valence-electron chi connectivity index (χ2n) is 3.33. The summed E-state index contributed by atoms with van der Waals surface area (Å²) in [6.07, 6.45) is 0.441. The van der Waals surface area contributed by atoms with E-state index in [1.54, 1.807) is 0 Å². The minimum atomic E-state index is -0.262. The molecule has 0 aliphatic carbocycles. The predicted molar refractivity (Wildman–Crippen MR) is 41.7 cm³/mol. The van der Waals surface area contributed by atoms with Gasteiger partial charge in [0, 0.05) is 6.61 Å². The smallest absolute Gasteiger partial charge is 0.0566 e. The van der Waals surface area contributed by atoms with Crippen molar-refractivity contribution >= 4 is 0 Å². The standard InChI is InChI=1S/C8H18O2/c1-6(2)8(10)4-7(3)5-9/h6-10H,4-5H2,1-3H3/t7-,8-/m0/s1. The van der Waals surface area contributed by atoms with Gasteiger partial charge in [0.25, 0.3) is 0 Å². The Kier molecular flexibility index (Phi) is 4.65. The summed E-state index contributed by atoms with van der Waals surface area (Å²) in [5, 5.41) is 18.0. The van der Waals surface area contributed by atoms with Gasteiger partial charge in [0.15, 0.2) is 0 Å². The molecule has 0 heterocycles. The quantitative estimate of drug-likeness (QED) is 0.621. The SMILES string of the molecule is CC(C)[C@@H](O)C[C@H](C)CO. The third-order valence-electron chi connectivity index (χ3n) is 1.73. The molecule has 0 saturated heterocycles. The lowest BCUT2D eigenvalue weighted by molar-refractivity contribution is 0.0850. The highest BCUT2D eigenvalue weighted by Gasteiger charge is 2.12. The van der Waals surface area contributed by atoms with Gasteiger partial charge in [0.1, 0.15) is 0 Å². The lowest BCUT2D eigenvalue weighted by Crippen LogP contribution is -2.19. The van der Waals surface area contributed by atoms with E-state index >= 15 is 0 Å². The number of hydrogen-bond acceptors (Lipinski definition) is 2. The van der Waals surface area contributed by atoms with Crippen molar-refractivity contribution in [2.24, 2.45) is 11.8 Å². The summed E-state index contributed by atoms with van der Waals surface area (Å²) in [6.45, 7) is 6.07. The molecule has 0 fully saturated rings. The van der Waals surface area contributed by atoms with Crippen LogP contribution in [-0.2, 0) is 0 Å². The molecule has 0 rings (SSSR count). The highest BCUT2D eigenvalue weighted by molar-refractivity contribution is 4.63. The van der Waals surface area contributed by atoms with E-state index in [9.17, 15) is 5.11 Å². The first-order chi connectivity index (χ1) is 4.57. The van der Waals surface area contributed by atoms with E-state index < -0.39 is 0 Å². The molecule has 0 bridgehead atoms. The lowest BCUT2D eigenvalue weighted by atomic mass is 9.97. The van der Waals surface area contributed by atoms with Gasteiger partial charge in [0.2, 0.25) is 0 Å². The van der Waals surface area contributed by atoms with E-state index in [4.69, 9.17) is 5.11 Å². The van der Waals surface area contributed by atoms with E-state index in [1.165, 1.54) is 0 Å². The summed E-state index contributed by atoms with van der Waals surface area (Å²) in [5.41, 5.74) is 0. The molecule has 0 aromatic carbocycles. The molecular formula is C8H18O2. The van der Waals surface area contributed by atoms with Crippen molar-refractivity contribution in [1.29, 1.82) is 0 Å². The molecule has 2 N–H and O–H groups in total. The molecule has 0 aromatic rings. The van der Waals surface area contributed by atoms with Gasteiger partial charge in [-0.25, -0.2) is 0 Å². The maximum Gasteiger partial charge on any atom is 0.0566 e. The molecular weight excluding hydrogens is 128 g/mol. The highest BCUT2D eigenvalue weighted by atomic mass is 16.3. The zero-order chi connectivity index (χ0) is 8.15. The molecule has 2 nitrogen and oxygen atoms in total. The molecule has 0 unspecified atom stereocenters. The van der Waals surface area contributed by atoms with Gasteiger partial charge in [-0.3, -0.25) is 0 Å². The minimum absolute atomic E-state index is 0.170. The third kappa shape index (κ3) is 3.85. The maximum absolute atomic E-state index is 9.32. The van der Waals surface area contributed by atoms with Gasteiger partial charge in [-0.05, 0) is 18.3 Å². The second-order valence-corrected chi connectivity index (χ2v) is 3.33. The second kappa shape index (κ2) is 4.69. The lowest BCUT2D eigenvalue weighted by Gasteiger charge is -2.17. The van der Waals surface area contributed by atoms with Crippen molar-refractivity contribution in [3.63, 3.8) is 0 Å². The van der Waals surface area contributed by atoms with Crippen LogP contribution < -0.4 is 0 Å². The van der Waals surface area contributed by atoms with Crippen molar-refractivity contribution in [2.45, 2.75) is 33.3 Å². The molecule has 2 heteroatoms. The van der Waals surface area contributed by atoms with E-state index in [0.29, 0.717) is 12.3 Å². The Morgan fingerprint density at radius 3 is 2.00 bits per heavy atom. The van der Waals surface area contributed by atoms with Gasteiger partial charge in [-0.1, -0.05) is 20.8 Å². The van der Waals surface area contributed by atoms with E-state index in [1.807, 2.05) is 20.8 Å². The number of aliphatic hydroxyl groups excluding tert-OH is 2. The van der Waals surface area contributed by atoms with Crippen LogP contribution in [0.3, 0.4) is 0 Å². The number of aliphatic hydroxyl groups is 2. The fourth-order valence-electron chi connectivity index (χ4n) is 0.759. The van der Waals surface area contributed by atoms with Crippen LogP contribution in [-0.4, -0.2) is 22.9 Å². The zero-order valence-corrected chi connectivity index (χ0v) is 7.04. The Labute approximate surface area is 62.9 Å². The van der Waals surface area contributed by atoms with E-state index in [0.717, 1.165) is 0 Å². The predicted octanol–water partition coefficient (Wildman–Crippen LogP) is 1.02.